The van der Waals surface area contributed by atoms with Crippen LogP contribution in [0.1, 0.15) is 50.1 Å². The summed E-state index contributed by atoms with van der Waals surface area (Å²) in [6, 6.07) is 17.5. The lowest BCUT2D eigenvalue weighted by atomic mass is 10.0. The van der Waals surface area contributed by atoms with Gasteiger partial charge in [-0.25, -0.2) is 0 Å². The molecule has 0 N–H and O–H groups in total. The zero-order chi connectivity index (χ0) is 20.9. The highest BCUT2D eigenvalue weighted by atomic mass is 35.5. The molecule has 1 atom stereocenters. The number of halogens is 1. The first-order valence-corrected chi connectivity index (χ1v) is 10.9. The summed E-state index contributed by atoms with van der Waals surface area (Å²) in [5.74, 6) is 1.39. The van der Waals surface area contributed by atoms with E-state index in [1.54, 1.807) is 0 Å². The third kappa shape index (κ3) is 4.73. The number of amides is 1. The molecule has 1 saturated carbocycles. The summed E-state index contributed by atoms with van der Waals surface area (Å²) in [6.45, 7) is 2.63. The first-order valence-electron chi connectivity index (χ1n) is 10.6. The van der Waals surface area contributed by atoms with Gasteiger partial charge < -0.3 is 9.42 Å². The maximum atomic E-state index is 13.3. The predicted octanol–water partition coefficient (Wildman–Crippen LogP) is 5.71. The highest BCUT2D eigenvalue weighted by molar-refractivity contribution is 6.30. The van der Waals surface area contributed by atoms with Gasteiger partial charge in [-0.15, -0.1) is 0 Å². The Morgan fingerprint density at radius 1 is 1.17 bits per heavy atom. The molecule has 1 aromatic heterocycles. The minimum atomic E-state index is -0.00498. The van der Waals surface area contributed by atoms with Crippen molar-refractivity contribution in [2.45, 2.75) is 45.1 Å². The second-order valence-electron chi connectivity index (χ2n) is 7.87. The summed E-state index contributed by atoms with van der Waals surface area (Å²) >= 11 is 6.06. The number of aromatic nitrogens is 2. The smallest absolute Gasteiger partial charge is 0.228 e. The minimum absolute atomic E-state index is 0.00498. The summed E-state index contributed by atoms with van der Waals surface area (Å²) < 4.78 is 5.46. The van der Waals surface area contributed by atoms with E-state index in [1.165, 1.54) is 0 Å². The highest BCUT2D eigenvalue weighted by Crippen LogP contribution is 2.30. The fourth-order valence-electron chi connectivity index (χ4n) is 4.13. The molecule has 0 radical (unpaired) electrons. The summed E-state index contributed by atoms with van der Waals surface area (Å²) in [6.07, 6.45) is 4.75. The van der Waals surface area contributed by atoms with E-state index in [1.807, 2.05) is 47.4 Å². The second kappa shape index (κ2) is 9.43. The number of rotatable bonds is 7. The normalized spacial score (nSPS) is 15.3. The average molecular weight is 424 g/mol. The molecular formula is C24H26ClN3O2. The van der Waals surface area contributed by atoms with Crippen molar-refractivity contribution in [1.82, 2.24) is 15.0 Å². The lowest BCUT2D eigenvalue weighted by Gasteiger charge is -2.31. The number of hydrogen-bond donors (Lipinski definition) is 0. The molecule has 0 spiro atoms. The lowest BCUT2D eigenvalue weighted by Crippen LogP contribution is -2.38. The van der Waals surface area contributed by atoms with Crippen molar-refractivity contribution in [2.24, 2.45) is 5.92 Å². The van der Waals surface area contributed by atoms with Gasteiger partial charge in [0, 0.05) is 29.5 Å². The maximum absolute atomic E-state index is 13.3. The Hall–Kier alpha value is -2.66. The van der Waals surface area contributed by atoms with Crippen LogP contribution in [0.4, 0.5) is 0 Å². The first-order chi connectivity index (χ1) is 14.6. The van der Waals surface area contributed by atoms with Gasteiger partial charge >= 0.3 is 0 Å². The first kappa shape index (κ1) is 20.6. The van der Waals surface area contributed by atoms with Crippen molar-refractivity contribution in [3.05, 3.63) is 71.1 Å². The van der Waals surface area contributed by atoms with Crippen LogP contribution in [0.3, 0.4) is 0 Å². The minimum Gasteiger partial charge on any atom is -0.339 e. The summed E-state index contributed by atoms with van der Waals surface area (Å²) in [7, 11) is 0. The van der Waals surface area contributed by atoms with Crippen molar-refractivity contribution in [2.75, 3.05) is 6.54 Å². The molecule has 0 saturated heterocycles. The van der Waals surface area contributed by atoms with Crippen molar-refractivity contribution in [1.29, 1.82) is 0 Å². The topological polar surface area (TPSA) is 59.2 Å². The third-order valence-electron chi connectivity index (χ3n) is 5.85. The Morgan fingerprint density at radius 3 is 2.67 bits per heavy atom. The van der Waals surface area contributed by atoms with E-state index in [2.05, 4.69) is 29.2 Å². The molecule has 0 aliphatic heterocycles. The Balaban J connectivity index is 1.50. The molecule has 1 amide bonds. The van der Waals surface area contributed by atoms with Gasteiger partial charge in [0.1, 0.15) is 0 Å². The molecule has 5 nitrogen and oxygen atoms in total. The standard InChI is InChI=1S/C24H26ClN3O2/c1-17(18-8-3-2-4-9-18)28(24(29)19-10-5-6-11-19)15-14-22-26-23(27-30-22)20-12-7-13-21(25)16-20/h2-4,7-9,12-13,16-17,19H,5-6,10-11,14-15H2,1H3/t17-/m0/s1. The van der Waals surface area contributed by atoms with Crippen LogP contribution in [0, 0.1) is 5.92 Å². The zero-order valence-electron chi connectivity index (χ0n) is 17.1. The van der Waals surface area contributed by atoms with Crippen LogP contribution >= 0.6 is 11.6 Å². The van der Waals surface area contributed by atoms with Crippen LogP contribution in [0.25, 0.3) is 11.4 Å². The molecule has 1 fully saturated rings. The molecule has 30 heavy (non-hydrogen) atoms. The SMILES string of the molecule is C[C@@H](c1ccccc1)N(CCc1nc(-c2cccc(Cl)c2)no1)C(=O)C1CCCC1. The van der Waals surface area contributed by atoms with Crippen LogP contribution < -0.4 is 0 Å². The van der Waals surface area contributed by atoms with Gasteiger partial charge in [0.2, 0.25) is 17.6 Å². The van der Waals surface area contributed by atoms with Gasteiger partial charge in [0.15, 0.2) is 0 Å². The van der Waals surface area contributed by atoms with Crippen molar-refractivity contribution in [3.63, 3.8) is 0 Å². The van der Waals surface area contributed by atoms with Crippen LogP contribution in [0.15, 0.2) is 59.1 Å². The van der Waals surface area contributed by atoms with E-state index in [4.69, 9.17) is 16.1 Å². The third-order valence-corrected chi connectivity index (χ3v) is 6.09. The molecule has 1 aliphatic rings. The maximum Gasteiger partial charge on any atom is 0.228 e. The fourth-order valence-corrected chi connectivity index (χ4v) is 4.32. The number of carbonyl (C=O) groups is 1. The number of hydrogen-bond acceptors (Lipinski definition) is 4. The molecule has 1 heterocycles. The van der Waals surface area contributed by atoms with Gasteiger partial charge in [-0.2, -0.15) is 4.98 Å². The largest absolute Gasteiger partial charge is 0.339 e. The Labute approximate surface area is 182 Å². The molecule has 156 valence electrons. The van der Waals surface area contributed by atoms with E-state index in [0.29, 0.717) is 29.7 Å². The second-order valence-corrected chi connectivity index (χ2v) is 8.31. The summed E-state index contributed by atoms with van der Waals surface area (Å²) in [5.41, 5.74) is 1.95. The van der Waals surface area contributed by atoms with E-state index in [0.717, 1.165) is 36.8 Å². The fraction of sp³-hybridized carbons (Fsp3) is 0.375. The van der Waals surface area contributed by atoms with Gasteiger partial charge in [0.05, 0.1) is 6.04 Å². The Morgan fingerprint density at radius 2 is 1.93 bits per heavy atom. The van der Waals surface area contributed by atoms with Gasteiger partial charge in [-0.1, -0.05) is 72.1 Å². The predicted molar refractivity (Wildman–Crippen MR) is 117 cm³/mol. The number of benzene rings is 2. The lowest BCUT2D eigenvalue weighted by molar-refractivity contribution is -0.137. The molecule has 6 heteroatoms. The van der Waals surface area contributed by atoms with Crippen LogP contribution in [-0.2, 0) is 11.2 Å². The van der Waals surface area contributed by atoms with Crippen molar-refractivity contribution >= 4 is 17.5 Å². The van der Waals surface area contributed by atoms with Crippen LogP contribution in [0.2, 0.25) is 5.02 Å². The molecule has 0 bridgehead atoms. The average Bonchev–Trinajstić information content (AvgIpc) is 3.47. The van der Waals surface area contributed by atoms with E-state index in [9.17, 15) is 4.79 Å². The molecule has 0 unspecified atom stereocenters. The summed E-state index contributed by atoms with van der Waals surface area (Å²) in [5, 5.41) is 4.71. The Kier molecular flexibility index (Phi) is 6.48. The summed E-state index contributed by atoms with van der Waals surface area (Å²) in [4.78, 5) is 19.8. The van der Waals surface area contributed by atoms with Gasteiger partial charge in [-0.3, -0.25) is 4.79 Å². The zero-order valence-corrected chi connectivity index (χ0v) is 17.9. The monoisotopic (exact) mass is 423 g/mol. The van der Waals surface area contributed by atoms with Gasteiger partial charge in [-0.05, 0) is 37.5 Å². The van der Waals surface area contributed by atoms with Crippen molar-refractivity contribution in [3.8, 4) is 11.4 Å². The highest BCUT2D eigenvalue weighted by Gasteiger charge is 2.30. The number of carbonyl (C=O) groups excluding carboxylic acids is 1. The quantitative estimate of drug-likeness (QED) is 0.488. The number of nitrogens with zero attached hydrogens (tertiary/aromatic N) is 3. The molecule has 4 rings (SSSR count). The van der Waals surface area contributed by atoms with E-state index < -0.39 is 0 Å². The van der Waals surface area contributed by atoms with Gasteiger partial charge in [0.25, 0.3) is 0 Å². The van der Waals surface area contributed by atoms with Crippen LogP contribution in [0.5, 0.6) is 0 Å². The molecule has 2 aromatic carbocycles. The van der Waals surface area contributed by atoms with Crippen LogP contribution in [-0.4, -0.2) is 27.5 Å². The van der Waals surface area contributed by atoms with E-state index in [-0.39, 0.29) is 17.9 Å². The van der Waals surface area contributed by atoms with Crippen molar-refractivity contribution < 1.29 is 9.32 Å². The molecule has 3 aromatic rings. The molecule has 1 aliphatic carbocycles. The Bertz CT molecular complexity index is 983. The molecular weight excluding hydrogens is 398 g/mol. The van der Waals surface area contributed by atoms with E-state index >= 15 is 0 Å².